The van der Waals surface area contributed by atoms with Gasteiger partial charge in [0, 0.05) is 12.1 Å². The van der Waals surface area contributed by atoms with E-state index in [1.54, 1.807) is 13.2 Å². The van der Waals surface area contributed by atoms with Crippen LogP contribution in [0.1, 0.15) is 19.8 Å². The fourth-order valence-electron chi connectivity index (χ4n) is 3.42. The fraction of sp³-hybridized carbons (Fsp3) is 0.240. The number of hydrogen-bond donors (Lipinski definition) is 0. The van der Waals surface area contributed by atoms with E-state index in [0.717, 1.165) is 35.8 Å². The quantitative estimate of drug-likeness (QED) is 0.378. The lowest BCUT2D eigenvalue weighted by atomic mass is 9.86. The van der Waals surface area contributed by atoms with Gasteiger partial charge in [0.05, 0.1) is 18.8 Å². The second kappa shape index (κ2) is 9.10. The van der Waals surface area contributed by atoms with Gasteiger partial charge in [0.2, 0.25) is 0 Å². The van der Waals surface area contributed by atoms with E-state index >= 15 is 0 Å². The summed E-state index contributed by atoms with van der Waals surface area (Å²) in [7, 11) is 1.68. The monoisotopic (exact) mass is 370 g/mol. The van der Waals surface area contributed by atoms with Crippen molar-refractivity contribution in [3.05, 3.63) is 84.6 Å². The average Bonchev–Trinajstić information content (AvgIpc) is 2.73. The number of hydrogen-bond acceptors (Lipinski definition) is 2. The first-order chi connectivity index (χ1) is 13.7. The molecular weight excluding hydrogens is 344 g/mol. The molecule has 0 N–H and O–H groups in total. The van der Waals surface area contributed by atoms with E-state index in [-0.39, 0.29) is 6.04 Å². The summed E-state index contributed by atoms with van der Waals surface area (Å²) in [5.41, 5.74) is 3.30. The molecule has 2 atom stereocenters. The maximum absolute atomic E-state index is 5.34. The molecule has 0 amide bonds. The minimum Gasteiger partial charge on any atom is -0.497 e. The number of allylic oxidation sites excluding steroid dienone is 6. The van der Waals surface area contributed by atoms with Gasteiger partial charge in [-0.25, -0.2) is 4.99 Å². The van der Waals surface area contributed by atoms with Crippen LogP contribution in [0, 0.1) is 18.3 Å². The molecule has 142 valence electrons. The van der Waals surface area contributed by atoms with Crippen molar-refractivity contribution in [2.75, 3.05) is 12.0 Å². The molecule has 0 radical (unpaired) electrons. The van der Waals surface area contributed by atoms with Crippen LogP contribution in [0.25, 0.3) is 0 Å². The maximum Gasteiger partial charge on any atom is 0.119 e. The normalized spacial score (nSPS) is 23.3. The van der Waals surface area contributed by atoms with E-state index in [4.69, 9.17) is 16.2 Å². The molecule has 1 aromatic rings. The average molecular weight is 370 g/mol. The molecule has 3 rings (SSSR count). The Balaban J connectivity index is 1.91. The summed E-state index contributed by atoms with van der Waals surface area (Å²) in [5, 5.41) is 0. The summed E-state index contributed by atoms with van der Waals surface area (Å²) < 4.78 is 5.30. The number of methoxy groups -OCH3 is 1. The molecule has 1 heterocycles. The minimum atomic E-state index is 0.281. The zero-order valence-corrected chi connectivity index (χ0v) is 16.5. The van der Waals surface area contributed by atoms with Gasteiger partial charge in [0.1, 0.15) is 11.6 Å². The molecule has 1 fully saturated rings. The lowest BCUT2D eigenvalue weighted by Crippen LogP contribution is -2.54. The second-order valence-electron chi connectivity index (χ2n) is 6.73. The van der Waals surface area contributed by atoms with Crippen LogP contribution < -0.4 is 9.64 Å². The predicted octanol–water partition coefficient (Wildman–Crippen LogP) is 5.45. The second-order valence-corrected chi connectivity index (χ2v) is 6.73. The number of aliphatic imine (C=N–C) groups is 1. The Hall–Kier alpha value is -3.25. The lowest BCUT2D eigenvalue weighted by Gasteiger charge is -2.45. The van der Waals surface area contributed by atoms with E-state index < -0.39 is 0 Å². The van der Waals surface area contributed by atoms with Crippen LogP contribution in [0.3, 0.4) is 0 Å². The molecule has 2 aliphatic rings. The van der Waals surface area contributed by atoms with Crippen LogP contribution in [-0.4, -0.2) is 19.0 Å². The van der Waals surface area contributed by atoms with E-state index in [1.807, 2.05) is 37.3 Å². The molecule has 3 nitrogen and oxygen atoms in total. The molecule has 3 heteroatoms. The van der Waals surface area contributed by atoms with Crippen molar-refractivity contribution in [3.8, 4) is 18.1 Å². The largest absolute Gasteiger partial charge is 0.497 e. The minimum absolute atomic E-state index is 0.281. The van der Waals surface area contributed by atoms with Crippen molar-refractivity contribution in [1.29, 1.82) is 0 Å². The van der Waals surface area contributed by atoms with Crippen molar-refractivity contribution < 1.29 is 4.74 Å². The predicted molar refractivity (Wildman–Crippen MR) is 119 cm³/mol. The topological polar surface area (TPSA) is 24.8 Å². The SMILES string of the molecule is C#C/C=C\C(=C/C)N=C1CC(C2=CCC(C=C)C=C2)N1c1ccc(OC)cc1. The van der Waals surface area contributed by atoms with Crippen LogP contribution in [0.2, 0.25) is 0 Å². The highest BCUT2D eigenvalue weighted by atomic mass is 16.5. The number of rotatable bonds is 6. The number of ether oxygens (including phenoxy) is 1. The first-order valence-corrected chi connectivity index (χ1v) is 9.50. The van der Waals surface area contributed by atoms with Gasteiger partial charge in [-0.05, 0) is 61.3 Å². The summed E-state index contributed by atoms with van der Waals surface area (Å²) >= 11 is 0. The van der Waals surface area contributed by atoms with Crippen LogP contribution in [-0.2, 0) is 0 Å². The van der Waals surface area contributed by atoms with E-state index in [0.29, 0.717) is 5.92 Å². The number of amidine groups is 1. The Morgan fingerprint density at radius 3 is 2.71 bits per heavy atom. The first-order valence-electron chi connectivity index (χ1n) is 9.50. The van der Waals surface area contributed by atoms with Crippen LogP contribution in [0.5, 0.6) is 5.75 Å². The third-order valence-electron chi connectivity index (χ3n) is 5.07. The summed E-state index contributed by atoms with van der Waals surface area (Å²) in [6.45, 7) is 5.87. The zero-order valence-electron chi connectivity index (χ0n) is 16.5. The van der Waals surface area contributed by atoms with Crippen molar-refractivity contribution in [2.24, 2.45) is 10.9 Å². The molecular formula is C25H26N2O. The van der Waals surface area contributed by atoms with Crippen LogP contribution in [0.15, 0.2) is 89.6 Å². The summed E-state index contributed by atoms with van der Waals surface area (Å²) in [6.07, 6.45) is 21.5. The van der Waals surface area contributed by atoms with Gasteiger partial charge in [0.25, 0.3) is 0 Å². The lowest BCUT2D eigenvalue weighted by molar-refractivity contribution is 0.415. The van der Waals surface area contributed by atoms with Gasteiger partial charge in [-0.15, -0.1) is 13.0 Å². The van der Waals surface area contributed by atoms with Gasteiger partial charge in [-0.2, -0.15) is 0 Å². The van der Waals surface area contributed by atoms with E-state index in [9.17, 15) is 0 Å². The Morgan fingerprint density at radius 2 is 2.14 bits per heavy atom. The van der Waals surface area contributed by atoms with Crippen LogP contribution in [0.4, 0.5) is 5.69 Å². The zero-order chi connectivity index (χ0) is 19.9. The summed E-state index contributed by atoms with van der Waals surface area (Å²) in [4.78, 5) is 7.13. The van der Waals surface area contributed by atoms with E-state index in [1.165, 1.54) is 5.57 Å². The molecule has 1 aromatic carbocycles. The molecule has 1 aliphatic heterocycles. The Kier molecular flexibility index (Phi) is 6.34. The van der Waals surface area contributed by atoms with E-state index in [2.05, 4.69) is 47.8 Å². The first kappa shape index (κ1) is 19.5. The molecule has 1 aliphatic carbocycles. The molecule has 1 saturated heterocycles. The van der Waals surface area contributed by atoms with Crippen molar-refractivity contribution >= 4 is 11.5 Å². The smallest absolute Gasteiger partial charge is 0.119 e. The summed E-state index contributed by atoms with van der Waals surface area (Å²) in [5.74, 6) is 4.82. The molecule has 28 heavy (non-hydrogen) atoms. The van der Waals surface area contributed by atoms with Crippen molar-refractivity contribution in [2.45, 2.75) is 25.8 Å². The fourth-order valence-corrected chi connectivity index (χ4v) is 3.42. The molecule has 0 bridgehead atoms. The molecule has 0 spiro atoms. The highest BCUT2D eigenvalue weighted by Crippen LogP contribution is 2.36. The van der Waals surface area contributed by atoms with Gasteiger partial charge in [-0.3, -0.25) is 0 Å². The molecule has 0 saturated carbocycles. The van der Waals surface area contributed by atoms with Gasteiger partial charge < -0.3 is 9.64 Å². The van der Waals surface area contributed by atoms with Crippen LogP contribution >= 0.6 is 0 Å². The van der Waals surface area contributed by atoms with Gasteiger partial charge >= 0.3 is 0 Å². The van der Waals surface area contributed by atoms with Crippen molar-refractivity contribution in [3.63, 3.8) is 0 Å². The number of terminal acetylenes is 1. The Morgan fingerprint density at radius 1 is 1.36 bits per heavy atom. The Bertz CT molecular complexity index is 907. The summed E-state index contributed by atoms with van der Waals surface area (Å²) in [6, 6.07) is 8.40. The van der Waals surface area contributed by atoms with Crippen molar-refractivity contribution in [1.82, 2.24) is 0 Å². The maximum atomic E-state index is 5.34. The number of nitrogens with zero attached hydrogens (tertiary/aromatic N) is 2. The molecule has 2 unspecified atom stereocenters. The number of anilines is 1. The molecule has 0 aromatic heterocycles. The third kappa shape index (κ3) is 4.18. The third-order valence-corrected chi connectivity index (χ3v) is 5.07. The Labute approximate surface area is 168 Å². The standard InChI is InChI=1S/C25H26N2O/c1-5-8-9-21(7-3)26-25-18-24(20-12-10-19(6-2)11-13-20)27(25)22-14-16-23(28-4)17-15-22/h1,6-10,12-17,19,24H,2,11,18H2,3-4H3/b9-8-,21-7+,26-25?. The number of benzene rings is 1. The van der Waals surface area contributed by atoms with Gasteiger partial charge in [-0.1, -0.05) is 36.3 Å². The highest BCUT2D eigenvalue weighted by molar-refractivity contribution is 6.06. The highest BCUT2D eigenvalue weighted by Gasteiger charge is 2.37. The van der Waals surface area contributed by atoms with Gasteiger partial charge in [0.15, 0.2) is 0 Å².